The molecule has 3 aliphatic carbocycles. The number of esters is 1. The van der Waals surface area contributed by atoms with E-state index in [0.29, 0.717) is 35.4 Å². The molecule has 0 heterocycles. The SMILES string of the molecule is Cc1cc(O)c(C(=O)O[C@@H]2C[C@]3(C)C4CC(C)(C)C[C@@]4(O)C=C(CO)[C@]23O)c(C)c1Cl. The maximum Gasteiger partial charge on any atom is 0.342 e. The van der Waals surface area contributed by atoms with E-state index in [2.05, 4.69) is 13.8 Å². The molecule has 7 heteroatoms. The third-order valence-corrected chi connectivity index (χ3v) is 8.62. The minimum absolute atomic E-state index is 0.0309. The zero-order chi connectivity index (χ0) is 23.1. The van der Waals surface area contributed by atoms with Crippen LogP contribution in [0, 0.1) is 30.6 Å². The topological polar surface area (TPSA) is 107 Å². The molecule has 31 heavy (non-hydrogen) atoms. The Morgan fingerprint density at radius 3 is 2.48 bits per heavy atom. The Hall–Kier alpha value is -1.60. The van der Waals surface area contributed by atoms with E-state index in [9.17, 15) is 25.2 Å². The van der Waals surface area contributed by atoms with Crippen LogP contribution in [-0.2, 0) is 4.74 Å². The van der Waals surface area contributed by atoms with Gasteiger partial charge in [0.2, 0.25) is 0 Å². The summed E-state index contributed by atoms with van der Waals surface area (Å²) in [6.07, 6.45) is 2.27. The molecule has 0 spiro atoms. The number of aliphatic hydroxyl groups excluding tert-OH is 1. The van der Waals surface area contributed by atoms with Crippen molar-refractivity contribution < 1.29 is 30.0 Å². The van der Waals surface area contributed by atoms with Gasteiger partial charge in [-0.15, -0.1) is 0 Å². The first-order valence-electron chi connectivity index (χ1n) is 10.7. The van der Waals surface area contributed by atoms with Gasteiger partial charge >= 0.3 is 5.97 Å². The average molecular weight is 451 g/mol. The molecular weight excluding hydrogens is 420 g/mol. The molecule has 1 unspecified atom stereocenters. The lowest BCUT2D eigenvalue weighted by atomic mass is 9.43. The Bertz CT molecular complexity index is 1000. The van der Waals surface area contributed by atoms with E-state index in [4.69, 9.17) is 16.3 Å². The number of halogens is 1. The van der Waals surface area contributed by atoms with Crippen molar-refractivity contribution in [2.24, 2.45) is 16.7 Å². The molecule has 0 radical (unpaired) electrons. The first kappa shape index (κ1) is 22.6. The maximum absolute atomic E-state index is 13.0. The van der Waals surface area contributed by atoms with Gasteiger partial charge in [-0.05, 0) is 67.4 Å². The number of aromatic hydroxyl groups is 1. The second kappa shape index (κ2) is 6.70. The lowest BCUT2D eigenvalue weighted by Crippen LogP contribution is -2.75. The summed E-state index contributed by atoms with van der Waals surface area (Å²) in [5.74, 6) is -1.23. The molecule has 0 bridgehead atoms. The second-order valence-electron chi connectivity index (χ2n) is 10.7. The fourth-order valence-electron chi connectivity index (χ4n) is 6.62. The number of aliphatic hydroxyl groups is 3. The molecule has 1 aromatic carbocycles. The Morgan fingerprint density at radius 1 is 1.23 bits per heavy atom. The quantitative estimate of drug-likeness (QED) is 0.415. The van der Waals surface area contributed by atoms with Crippen LogP contribution in [0.1, 0.15) is 61.5 Å². The van der Waals surface area contributed by atoms with Crippen LogP contribution < -0.4 is 0 Å². The van der Waals surface area contributed by atoms with Gasteiger partial charge in [0, 0.05) is 16.4 Å². The van der Waals surface area contributed by atoms with Gasteiger partial charge in [-0.3, -0.25) is 0 Å². The molecule has 6 nitrogen and oxygen atoms in total. The number of phenolic OH excluding ortho intramolecular Hbond substituents is 1. The molecule has 2 saturated carbocycles. The van der Waals surface area contributed by atoms with E-state index in [-0.39, 0.29) is 28.2 Å². The third kappa shape index (κ3) is 2.92. The van der Waals surface area contributed by atoms with E-state index in [1.807, 2.05) is 6.92 Å². The molecule has 0 aromatic heterocycles. The number of phenols is 1. The van der Waals surface area contributed by atoms with Crippen LogP contribution in [0.2, 0.25) is 5.02 Å². The summed E-state index contributed by atoms with van der Waals surface area (Å²) < 4.78 is 5.69. The molecule has 1 aromatic rings. The van der Waals surface area contributed by atoms with Crippen molar-refractivity contribution in [2.45, 2.75) is 71.2 Å². The summed E-state index contributed by atoms with van der Waals surface area (Å²) in [4.78, 5) is 13.0. The van der Waals surface area contributed by atoms with Crippen LogP contribution in [0.4, 0.5) is 0 Å². The highest BCUT2D eigenvalue weighted by Crippen LogP contribution is 2.69. The molecule has 2 fully saturated rings. The van der Waals surface area contributed by atoms with Gasteiger partial charge in [0.1, 0.15) is 23.0 Å². The van der Waals surface area contributed by atoms with Gasteiger partial charge in [0.15, 0.2) is 0 Å². The van der Waals surface area contributed by atoms with Crippen LogP contribution in [0.25, 0.3) is 0 Å². The molecule has 0 aliphatic heterocycles. The Kier molecular flexibility index (Phi) is 4.88. The van der Waals surface area contributed by atoms with E-state index < -0.39 is 35.3 Å². The van der Waals surface area contributed by atoms with Gasteiger partial charge in [-0.1, -0.05) is 32.4 Å². The first-order chi connectivity index (χ1) is 14.2. The van der Waals surface area contributed by atoms with Crippen LogP contribution in [0.15, 0.2) is 17.7 Å². The summed E-state index contributed by atoms with van der Waals surface area (Å²) >= 11 is 6.25. The molecule has 4 rings (SSSR count). The average Bonchev–Trinajstić information content (AvgIpc) is 2.92. The summed E-state index contributed by atoms with van der Waals surface area (Å²) in [5.41, 5.74) is -2.28. The van der Waals surface area contributed by atoms with Crippen LogP contribution >= 0.6 is 11.6 Å². The Balaban J connectivity index is 1.69. The molecule has 3 aliphatic rings. The van der Waals surface area contributed by atoms with Crippen molar-refractivity contribution in [3.8, 4) is 5.75 Å². The Labute approximate surface area is 187 Å². The minimum atomic E-state index is -1.59. The number of benzene rings is 1. The fourth-order valence-corrected chi connectivity index (χ4v) is 6.76. The number of hydrogen-bond acceptors (Lipinski definition) is 6. The number of fused-ring (bicyclic) bond motifs is 3. The summed E-state index contributed by atoms with van der Waals surface area (Å²) in [6, 6.07) is 1.41. The van der Waals surface area contributed by atoms with Gasteiger partial charge in [-0.2, -0.15) is 0 Å². The van der Waals surface area contributed by atoms with Crippen molar-refractivity contribution in [3.63, 3.8) is 0 Å². The molecule has 170 valence electrons. The highest BCUT2D eigenvalue weighted by Gasteiger charge is 2.75. The number of rotatable bonds is 3. The summed E-state index contributed by atoms with van der Waals surface area (Å²) in [7, 11) is 0. The van der Waals surface area contributed by atoms with E-state index in [0.717, 1.165) is 0 Å². The highest BCUT2D eigenvalue weighted by atomic mass is 35.5. The highest BCUT2D eigenvalue weighted by molar-refractivity contribution is 6.32. The summed E-state index contributed by atoms with van der Waals surface area (Å²) in [5, 5.41) is 43.9. The lowest BCUT2D eigenvalue weighted by molar-refractivity contribution is -0.264. The molecule has 0 saturated heterocycles. The fraction of sp³-hybridized carbons (Fsp3) is 0.625. The molecule has 5 atom stereocenters. The molecule has 4 N–H and O–H groups in total. The maximum atomic E-state index is 13.0. The predicted octanol–water partition coefficient (Wildman–Crippen LogP) is 3.43. The van der Waals surface area contributed by atoms with Crippen LogP contribution in [-0.4, -0.2) is 50.3 Å². The van der Waals surface area contributed by atoms with Crippen molar-refractivity contribution in [2.75, 3.05) is 6.61 Å². The minimum Gasteiger partial charge on any atom is -0.507 e. The predicted molar refractivity (Wildman–Crippen MR) is 116 cm³/mol. The van der Waals surface area contributed by atoms with Gasteiger partial charge in [0.05, 0.1) is 12.2 Å². The van der Waals surface area contributed by atoms with Gasteiger partial charge in [-0.25, -0.2) is 4.79 Å². The first-order valence-corrected chi connectivity index (χ1v) is 11.1. The van der Waals surface area contributed by atoms with Crippen LogP contribution in [0.3, 0.4) is 0 Å². The number of hydrogen-bond donors (Lipinski definition) is 4. The van der Waals surface area contributed by atoms with Crippen molar-refractivity contribution in [1.82, 2.24) is 0 Å². The number of ether oxygens (including phenoxy) is 1. The van der Waals surface area contributed by atoms with Crippen molar-refractivity contribution in [1.29, 1.82) is 0 Å². The standard InChI is InChI=1S/C24H31ClO6/c1-12-6-15(27)18(13(2)19(12)25)20(28)31-17-9-22(5)16-8-21(3,4)11-23(16,29)7-14(10-26)24(17,22)30/h6-7,16-17,26-27,29-30H,8-11H2,1-5H3/t16?,17-,22-,23+,24+/m1/s1. The second-order valence-corrected chi connectivity index (χ2v) is 11.1. The van der Waals surface area contributed by atoms with E-state index >= 15 is 0 Å². The third-order valence-electron chi connectivity index (χ3n) is 8.03. The van der Waals surface area contributed by atoms with Gasteiger partial charge < -0.3 is 25.2 Å². The monoisotopic (exact) mass is 450 g/mol. The van der Waals surface area contributed by atoms with Crippen molar-refractivity contribution >= 4 is 17.6 Å². The van der Waals surface area contributed by atoms with Crippen molar-refractivity contribution in [3.05, 3.63) is 39.4 Å². The number of aryl methyl sites for hydroxylation is 1. The number of carbonyl (C=O) groups is 1. The normalized spacial score (nSPS) is 38.0. The number of carbonyl (C=O) groups excluding carboxylic acids is 1. The molecular formula is C24H31ClO6. The zero-order valence-electron chi connectivity index (χ0n) is 18.6. The molecule has 0 amide bonds. The smallest absolute Gasteiger partial charge is 0.342 e. The van der Waals surface area contributed by atoms with E-state index in [1.165, 1.54) is 6.07 Å². The largest absolute Gasteiger partial charge is 0.507 e. The lowest BCUT2D eigenvalue weighted by Gasteiger charge is -2.66. The zero-order valence-corrected chi connectivity index (χ0v) is 19.4. The Morgan fingerprint density at radius 2 is 1.87 bits per heavy atom. The van der Waals surface area contributed by atoms with Crippen LogP contribution in [0.5, 0.6) is 5.75 Å². The van der Waals surface area contributed by atoms with E-state index in [1.54, 1.807) is 19.9 Å². The van der Waals surface area contributed by atoms with Gasteiger partial charge in [0.25, 0.3) is 0 Å². The summed E-state index contributed by atoms with van der Waals surface area (Å²) in [6.45, 7) is 8.97.